The summed E-state index contributed by atoms with van der Waals surface area (Å²) in [4.78, 5) is 15.1. The van der Waals surface area contributed by atoms with E-state index in [9.17, 15) is 9.90 Å². The number of hydrogen-bond donors (Lipinski definition) is 1. The molecule has 3 rings (SSSR count). The van der Waals surface area contributed by atoms with E-state index in [2.05, 4.69) is 54.5 Å². The Balaban J connectivity index is 1.97. The monoisotopic (exact) mass is 329 g/mol. The molecule has 0 radical (unpaired) electrons. The van der Waals surface area contributed by atoms with Gasteiger partial charge in [-0.05, 0) is 50.2 Å². The van der Waals surface area contributed by atoms with Gasteiger partial charge in [0, 0.05) is 11.4 Å². The normalized spacial score (nSPS) is 20.3. The van der Waals surface area contributed by atoms with Gasteiger partial charge in [0.2, 0.25) is 0 Å². The second-order valence-corrected chi connectivity index (χ2v) is 7.49. The Morgan fingerprint density at radius 1 is 1.30 bits per heavy atom. The topological polar surface area (TPSA) is 40.5 Å². The van der Waals surface area contributed by atoms with Crippen LogP contribution in [0.2, 0.25) is 0 Å². The van der Waals surface area contributed by atoms with Gasteiger partial charge in [0.05, 0.1) is 12.0 Å². The number of thiophene rings is 1. The molecule has 0 saturated carbocycles. The largest absolute Gasteiger partial charge is 0.481 e. The molecule has 2 unspecified atom stereocenters. The van der Waals surface area contributed by atoms with E-state index in [0.29, 0.717) is 6.54 Å². The summed E-state index contributed by atoms with van der Waals surface area (Å²) in [6.07, 6.45) is 1.74. The highest BCUT2D eigenvalue weighted by atomic mass is 32.1. The number of carboxylic acid groups (broad SMARTS) is 1. The maximum absolute atomic E-state index is 11.4. The number of carbonyl (C=O) groups is 1. The van der Waals surface area contributed by atoms with Gasteiger partial charge in [-0.15, -0.1) is 11.3 Å². The van der Waals surface area contributed by atoms with Crippen LogP contribution in [0.5, 0.6) is 0 Å². The van der Waals surface area contributed by atoms with Gasteiger partial charge in [-0.25, -0.2) is 0 Å². The van der Waals surface area contributed by atoms with Crippen molar-refractivity contribution >= 4 is 17.3 Å². The maximum atomic E-state index is 11.4. The van der Waals surface area contributed by atoms with E-state index in [1.165, 1.54) is 21.6 Å². The van der Waals surface area contributed by atoms with Crippen molar-refractivity contribution in [2.45, 2.75) is 32.7 Å². The average molecular weight is 329 g/mol. The SMILES string of the molecule is Cc1cc(C)cc(C(c2cccs2)N2CCCC(C(=O)O)C2)c1. The molecule has 2 heterocycles. The molecule has 1 aliphatic rings. The van der Waals surface area contributed by atoms with Gasteiger partial charge in [-0.2, -0.15) is 0 Å². The molecule has 4 heteroatoms. The van der Waals surface area contributed by atoms with Gasteiger partial charge in [-0.3, -0.25) is 9.69 Å². The van der Waals surface area contributed by atoms with Crippen LogP contribution < -0.4 is 0 Å². The first-order chi connectivity index (χ1) is 11.0. The van der Waals surface area contributed by atoms with E-state index in [0.717, 1.165) is 19.4 Å². The van der Waals surface area contributed by atoms with E-state index < -0.39 is 5.97 Å². The molecule has 0 bridgehead atoms. The maximum Gasteiger partial charge on any atom is 0.307 e. The molecule has 1 aliphatic heterocycles. The van der Waals surface area contributed by atoms with Crippen molar-refractivity contribution < 1.29 is 9.90 Å². The van der Waals surface area contributed by atoms with E-state index >= 15 is 0 Å². The second kappa shape index (κ2) is 6.85. The third kappa shape index (κ3) is 3.65. The number of rotatable bonds is 4. The van der Waals surface area contributed by atoms with Crippen LogP contribution in [0.3, 0.4) is 0 Å². The summed E-state index contributed by atoms with van der Waals surface area (Å²) in [5, 5.41) is 11.5. The van der Waals surface area contributed by atoms with Crippen LogP contribution in [0.4, 0.5) is 0 Å². The zero-order valence-corrected chi connectivity index (χ0v) is 14.5. The molecule has 0 spiro atoms. The molecule has 1 fully saturated rings. The van der Waals surface area contributed by atoms with Crippen molar-refractivity contribution in [2.75, 3.05) is 13.1 Å². The number of likely N-dealkylation sites (tertiary alicyclic amines) is 1. The number of aryl methyl sites for hydroxylation is 2. The summed E-state index contributed by atoms with van der Waals surface area (Å²) in [5.74, 6) is -0.919. The van der Waals surface area contributed by atoms with Crippen molar-refractivity contribution in [3.05, 3.63) is 57.3 Å². The zero-order chi connectivity index (χ0) is 16.4. The highest BCUT2D eigenvalue weighted by Gasteiger charge is 2.31. The highest BCUT2D eigenvalue weighted by molar-refractivity contribution is 7.10. The lowest BCUT2D eigenvalue weighted by Crippen LogP contribution is -2.41. The summed E-state index contributed by atoms with van der Waals surface area (Å²) in [6.45, 7) is 5.83. The molecule has 122 valence electrons. The third-order valence-electron chi connectivity index (χ3n) is 4.54. The van der Waals surface area contributed by atoms with E-state index in [4.69, 9.17) is 0 Å². The summed E-state index contributed by atoms with van der Waals surface area (Å²) < 4.78 is 0. The molecule has 0 aliphatic carbocycles. The lowest BCUT2D eigenvalue weighted by molar-refractivity contribution is -0.143. The Bertz CT molecular complexity index is 660. The fourth-order valence-corrected chi connectivity index (χ4v) is 4.50. The first-order valence-corrected chi connectivity index (χ1v) is 9.01. The number of carboxylic acids is 1. The van der Waals surface area contributed by atoms with Crippen LogP contribution in [0.25, 0.3) is 0 Å². The van der Waals surface area contributed by atoms with Crippen molar-refractivity contribution in [1.82, 2.24) is 4.90 Å². The van der Waals surface area contributed by atoms with Crippen molar-refractivity contribution in [3.63, 3.8) is 0 Å². The molecule has 3 nitrogen and oxygen atoms in total. The predicted molar refractivity (Wildman–Crippen MR) is 94.0 cm³/mol. The van der Waals surface area contributed by atoms with Crippen LogP contribution in [0.15, 0.2) is 35.7 Å². The Labute approximate surface area is 141 Å². The molecule has 0 amide bonds. The van der Waals surface area contributed by atoms with Crippen LogP contribution in [-0.4, -0.2) is 29.1 Å². The Hall–Kier alpha value is -1.65. The van der Waals surface area contributed by atoms with Crippen molar-refractivity contribution in [1.29, 1.82) is 0 Å². The zero-order valence-electron chi connectivity index (χ0n) is 13.7. The molecule has 1 saturated heterocycles. The first kappa shape index (κ1) is 16.2. The number of nitrogens with zero attached hydrogens (tertiary/aromatic N) is 1. The van der Waals surface area contributed by atoms with Gasteiger partial charge >= 0.3 is 5.97 Å². The Morgan fingerprint density at radius 2 is 2.04 bits per heavy atom. The molecule has 2 atom stereocenters. The van der Waals surface area contributed by atoms with Gasteiger partial charge in [0.25, 0.3) is 0 Å². The van der Waals surface area contributed by atoms with Gasteiger partial charge < -0.3 is 5.11 Å². The fourth-order valence-electron chi connectivity index (χ4n) is 3.61. The van der Waals surface area contributed by atoms with Gasteiger partial charge in [0.15, 0.2) is 0 Å². The lowest BCUT2D eigenvalue weighted by Gasteiger charge is -2.37. The summed E-state index contributed by atoms with van der Waals surface area (Å²) in [7, 11) is 0. The smallest absolute Gasteiger partial charge is 0.307 e. The summed E-state index contributed by atoms with van der Waals surface area (Å²) >= 11 is 1.75. The van der Waals surface area contributed by atoms with Crippen LogP contribution in [0.1, 0.15) is 40.5 Å². The van der Waals surface area contributed by atoms with E-state index in [-0.39, 0.29) is 12.0 Å². The predicted octanol–water partition coefficient (Wildman–Crippen LogP) is 4.25. The minimum Gasteiger partial charge on any atom is -0.481 e. The molecule has 1 aromatic heterocycles. The number of piperidine rings is 1. The standard InChI is InChI=1S/C19H23NO2S/c1-13-9-14(2)11-16(10-13)18(17-6-4-8-23-17)20-7-3-5-15(12-20)19(21)22/h4,6,8-11,15,18H,3,5,7,12H2,1-2H3,(H,21,22). The number of hydrogen-bond acceptors (Lipinski definition) is 3. The quantitative estimate of drug-likeness (QED) is 0.911. The van der Waals surface area contributed by atoms with Crippen molar-refractivity contribution in [3.8, 4) is 0 Å². The first-order valence-electron chi connectivity index (χ1n) is 8.13. The molecular weight excluding hydrogens is 306 g/mol. The lowest BCUT2D eigenvalue weighted by atomic mass is 9.93. The summed E-state index contributed by atoms with van der Waals surface area (Å²) in [5.41, 5.74) is 3.79. The minimum atomic E-state index is -0.667. The number of benzene rings is 1. The van der Waals surface area contributed by atoms with Crippen LogP contribution >= 0.6 is 11.3 Å². The number of aliphatic carboxylic acids is 1. The molecular formula is C19H23NO2S. The fraction of sp³-hybridized carbons (Fsp3) is 0.421. The molecule has 23 heavy (non-hydrogen) atoms. The highest BCUT2D eigenvalue weighted by Crippen LogP contribution is 2.35. The van der Waals surface area contributed by atoms with Crippen LogP contribution in [0, 0.1) is 19.8 Å². The molecule has 1 N–H and O–H groups in total. The minimum absolute atomic E-state index is 0.163. The van der Waals surface area contributed by atoms with E-state index in [1.807, 2.05) is 0 Å². The van der Waals surface area contributed by atoms with Crippen molar-refractivity contribution in [2.24, 2.45) is 5.92 Å². The Morgan fingerprint density at radius 3 is 2.65 bits per heavy atom. The van der Waals surface area contributed by atoms with Gasteiger partial charge in [0.1, 0.15) is 0 Å². The average Bonchev–Trinajstić information content (AvgIpc) is 3.01. The molecule has 1 aromatic carbocycles. The third-order valence-corrected chi connectivity index (χ3v) is 5.46. The van der Waals surface area contributed by atoms with Crippen LogP contribution in [-0.2, 0) is 4.79 Å². The van der Waals surface area contributed by atoms with E-state index in [1.54, 1.807) is 11.3 Å². The Kier molecular flexibility index (Phi) is 4.83. The second-order valence-electron chi connectivity index (χ2n) is 6.51. The summed E-state index contributed by atoms with van der Waals surface area (Å²) in [6, 6.07) is 11.1. The van der Waals surface area contributed by atoms with Gasteiger partial charge in [-0.1, -0.05) is 35.4 Å². The molecule has 2 aromatic rings.